The van der Waals surface area contributed by atoms with Gasteiger partial charge in [0.25, 0.3) is 5.56 Å². The van der Waals surface area contributed by atoms with Crippen LogP contribution >= 0.6 is 11.6 Å². The zero-order valence-electron chi connectivity index (χ0n) is 19.7. The summed E-state index contributed by atoms with van der Waals surface area (Å²) in [7, 11) is 1.81. The summed E-state index contributed by atoms with van der Waals surface area (Å²) < 4.78 is 9.62. The molecule has 5 nitrogen and oxygen atoms in total. The number of hydrogen-bond donors (Lipinski definition) is 0. The quantitative estimate of drug-likeness (QED) is 0.266. The Morgan fingerprint density at radius 3 is 2.54 bits per heavy atom. The van der Waals surface area contributed by atoms with Crippen LogP contribution < -0.4 is 10.3 Å². The number of aromatic nitrogens is 3. The molecule has 0 amide bonds. The highest BCUT2D eigenvalue weighted by atomic mass is 35.5. The van der Waals surface area contributed by atoms with Crippen LogP contribution in [0.1, 0.15) is 30.5 Å². The molecular formula is C29H26ClN3O2. The molecule has 0 aliphatic carbocycles. The van der Waals surface area contributed by atoms with Crippen LogP contribution in [0.2, 0.25) is 5.02 Å². The van der Waals surface area contributed by atoms with Gasteiger partial charge in [-0.1, -0.05) is 48.9 Å². The third kappa shape index (κ3) is 4.60. The second-order valence-corrected chi connectivity index (χ2v) is 9.01. The molecule has 0 radical (unpaired) electrons. The minimum absolute atomic E-state index is 0.0519. The van der Waals surface area contributed by atoms with Gasteiger partial charge in [-0.25, -0.2) is 4.98 Å². The monoisotopic (exact) mass is 483 g/mol. The number of hydrogen-bond acceptors (Lipinski definition) is 3. The molecule has 0 spiro atoms. The molecule has 0 saturated heterocycles. The summed E-state index contributed by atoms with van der Waals surface area (Å²) in [4.78, 5) is 17.1. The molecule has 6 heteroatoms. The van der Waals surface area contributed by atoms with E-state index in [4.69, 9.17) is 16.3 Å². The smallest absolute Gasteiger partial charge is 0.251 e. The van der Waals surface area contributed by atoms with Crippen LogP contribution in [0.25, 0.3) is 22.0 Å². The maximum atomic E-state index is 12.8. The lowest BCUT2D eigenvalue weighted by molar-refractivity contribution is 0.317. The molecular weight excluding hydrogens is 458 g/mol. The van der Waals surface area contributed by atoms with Gasteiger partial charge in [0, 0.05) is 35.9 Å². The Balaban J connectivity index is 1.71. The van der Waals surface area contributed by atoms with E-state index in [1.165, 1.54) is 0 Å². The summed E-state index contributed by atoms with van der Waals surface area (Å²) in [6.07, 6.45) is 6.49. The normalized spacial score (nSPS) is 12.1. The van der Waals surface area contributed by atoms with Crippen LogP contribution in [-0.2, 0) is 7.05 Å². The van der Waals surface area contributed by atoms with Gasteiger partial charge in [-0.15, -0.1) is 0 Å². The van der Waals surface area contributed by atoms with Crippen molar-refractivity contribution in [3.63, 3.8) is 0 Å². The maximum Gasteiger partial charge on any atom is 0.251 e. The van der Waals surface area contributed by atoms with Crippen molar-refractivity contribution in [3.8, 4) is 16.9 Å². The summed E-state index contributed by atoms with van der Waals surface area (Å²) in [6, 6.07) is 23.7. The van der Waals surface area contributed by atoms with Crippen LogP contribution in [0.3, 0.4) is 0 Å². The molecule has 176 valence electrons. The SMILES string of the molecule is CCCOc1cccc(-c2cc(=O)n(C)c3ccc(C(c4ccc(Cl)cc4)n4ccnc4)cc23)c1. The molecule has 5 aromatic rings. The Morgan fingerprint density at radius 2 is 1.80 bits per heavy atom. The highest BCUT2D eigenvalue weighted by Gasteiger charge is 2.18. The van der Waals surface area contributed by atoms with E-state index >= 15 is 0 Å². The maximum absolute atomic E-state index is 12.8. The molecule has 35 heavy (non-hydrogen) atoms. The molecule has 2 aromatic heterocycles. The third-order valence-corrected chi connectivity index (χ3v) is 6.46. The molecule has 2 heterocycles. The number of benzene rings is 3. The van der Waals surface area contributed by atoms with Gasteiger partial charge < -0.3 is 13.9 Å². The fourth-order valence-electron chi connectivity index (χ4n) is 4.46. The summed E-state index contributed by atoms with van der Waals surface area (Å²) in [6.45, 7) is 2.73. The lowest BCUT2D eigenvalue weighted by atomic mass is 9.94. The van der Waals surface area contributed by atoms with Crippen LogP contribution in [0.15, 0.2) is 96.3 Å². The average molecular weight is 484 g/mol. The summed E-state index contributed by atoms with van der Waals surface area (Å²) in [5.41, 5.74) is 4.82. The Bertz CT molecular complexity index is 1520. The van der Waals surface area contributed by atoms with Crippen LogP contribution in [-0.4, -0.2) is 20.7 Å². The molecule has 0 bridgehead atoms. The highest BCUT2D eigenvalue weighted by Crippen LogP contribution is 2.34. The standard InChI is InChI=1S/C29H26ClN3O2/c1-3-15-35-24-6-4-5-21(16-24)25-18-28(34)32(2)27-12-9-22(17-26(25)27)29(33-14-13-31-19-33)20-7-10-23(30)11-8-20/h4-14,16-19,29H,3,15H2,1-2H3. The molecule has 0 aliphatic rings. The number of imidazole rings is 1. The largest absolute Gasteiger partial charge is 0.494 e. The van der Waals surface area contributed by atoms with Crippen molar-refractivity contribution < 1.29 is 4.74 Å². The fourth-order valence-corrected chi connectivity index (χ4v) is 4.59. The predicted octanol–water partition coefficient (Wildman–Crippen LogP) is 6.48. The molecule has 0 fully saturated rings. The van der Waals surface area contributed by atoms with E-state index < -0.39 is 0 Å². The number of pyridine rings is 1. The summed E-state index contributed by atoms with van der Waals surface area (Å²) in [5.74, 6) is 0.798. The van der Waals surface area contributed by atoms with Crippen molar-refractivity contribution in [1.29, 1.82) is 0 Å². The van der Waals surface area contributed by atoms with Gasteiger partial charge in [0.2, 0.25) is 0 Å². The minimum atomic E-state index is -0.0940. The predicted molar refractivity (Wildman–Crippen MR) is 141 cm³/mol. The van der Waals surface area contributed by atoms with Crippen molar-refractivity contribution in [1.82, 2.24) is 14.1 Å². The Labute approximate surface area is 209 Å². The molecule has 0 N–H and O–H groups in total. The zero-order valence-corrected chi connectivity index (χ0v) is 20.4. The van der Waals surface area contributed by atoms with Gasteiger partial charge in [-0.3, -0.25) is 4.79 Å². The molecule has 5 rings (SSSR count). The molecule has 1 atom stereocenters. The third-order valence-electron chi connectivity index (χ3n) is 6.21. The number of fused-ring (bicyclic) bond motifs is 1. The summed E-state index contributed by atoms with van der Waals surface area (Å²) >= 11 is 6.17. The van der Waals surface area contributed by atoms with Gasteiger partial charge >= 0.3 is 0 Å². The molecule has 0 saturated carbocycles. The lowest BCUT2D eigenvalue weighted by Crippen LogP contribution is -2.17. The van der Waals surface area contributed by atoms with Crippen molar-refractivity contribution >= 4 is 22.5 Å². The van der Waals surface area contributed by atoms with Gasteiger partial charge in [-0.2, -0.15) is 0 Å². The van der Waals surface area contributed by atoms with Crippen LogP contribution in [0.4, 0.5) is 0 Å². The Kier molecular flexibility index (Phi) is 6.43. The first-order valence-electron chi connectivity index (χ1n) is 11.6. The van der Waals surface area contributed by atoms with Gasteiger partial charge in [0.1, 0.15) is 5.75 Å². The van der Waals surface area contributed by atoms with Crippen molar-refractivity contribution in [2.45, 2.75) is 19.4 Å². The van der Waals surface area contributed by atoms with Crippen LogP contribution in [0.5, 0.6) is 5.75 Å². The molecule has 0 aliphatic heterocycles. The van der Waals surface area contributed by atoms with E-state index in [-0.39, 0.29) is 11.6 Å². The number of nitrogens with zero attached hydrogens (tertiary/aromatic N) is 3. The second kappa shape index (κ2) is 9.80. The van der Waals surface area contributed by atoms with Crippen molar-refractivity contribution in [3.05, 3.63) is 118 Å². The summed E-state index contributed by atoms with van der Waals surface area (Å²) in [5, 5.41) is 1.69. The first kappa shape index (κ1) is 22.9. The van der Waals surface area contributed by atoms with E-state index in [0.29, 0.717) is 11.6 Å². The van der Waals surface area contributed by atoms with Crippen LogP contribution in [0, 0.1) is 0 Å². The van der Waals surface area contributed by atoms with Gasteiger partial charge in [-0.05, 0) is 65.1 Å². The number of rotatable bonds is 7. The minimum Gasteiger partial charge on any atom is -0.494 e. The first-order chi connectivity index (χ1) is 17.0. The van der Waals surface area contributed by atoms with E-state index in [1.807, 2.05) is 67.1 Å². The first-order valence-corrected chi connectivity index (χ1v) is 12.0. The lowest BCUT2D eigenvalue weighted by Gasteiger charge is -2.21. The van der Waals surface area contributed by atoms with Crippen molar-refractivity contribution in [2.24, 2.45) is 7.05 Å². The average Bonchev–Trinajstić information content (AvgIpc) is 3.41. The Morgan fingerprint density at radius 1 is 1.00 bits per heavy atom. The topological polar surface area (TPSA) is 49.0 Å². The molecule has 1 unspecified atom stereocenters. The van der Waals surface area contributed by atoms with E-state index in [2.05, 4.69) is 28.6 Å². The second-order valence-electron chi connectivity index (χ2n) is 8.57. The van der Waals surface area contributed by atoms with Gasteiger partial charge in [0.05, 0.1) is 24.5 Å². The fraction of sp³-hybridized carbons (Fsp3) is 0.172. The van der Waals surface area contributed by atoms with Gasteiger partial charge in [0.15, 0.2) is 0 Å². The number of aryl methyl sites for hydroxylation is 1. The molecule has 3 aromatic carbocycles. The van der Waals surface area contributed by atoms with Crippen molar-refractivity contribution in [2.75, 3.05) is 6.61 Å². The zero-order chi connectivity index (χ0) is 24.4. The highest BCUT2D eigenvalue weighted by molar-refractivity contribution is 6.30. The van der Waals surface area contributed by atoms with E-state index in [9.17, 15) is 4.79 Å². The number of ether oxygens (including phenoxy) is 1. The van der Waals surface area contributed by atoms with E-state index in [0.717, 1.165) is 45.3 Å². The Hall–Kier alpha value is -3.83. The van der Waals surface area contributed by atoms with E-state index in [1.54, 1.807) is 23.9 Å². The number of halogens is 1.